The number of nitrogens with two attached hydrogens (primary N) is 1. The molecule has 6 heteroatoms. The van der Waals surface area contributed by atoms with Gasteiger partial charge in [-0.15, -0.1) is 0 Å². The first kappa shape index (κ1) is 17.9. The molecule has 2 N–H and O–H groups in total. The van der Waals surface area contributed by atoms with Gasteiger partial charge in [-0.3, -0.25) is 0 Å². The number of hydrogen-bond acceptors (Lipinski definition) is 5. The van der Waals surface area contributed by atoms with E-state index >= 15 is 0 Å². The summed E-state index contributed by atoms with van der Waals surface area (Å²) < 4.78 is 36.7. The van der Waals surface area contributed by atoms with Gasteiger partial charge < -0.3 is 15.2 Å². The van der Waals surface area contributed by atoms with Crippen LogP contribution < -0.4 is 10.5 Å². The fraction of sp³-hybridized carbons (Fsp3) is 0.368. The molecule has 3 atom stereocenters. The molecule has 1 aliphatic rings. The van der Waals surface area contributed by atoms with Crippen LogP contribution >= 0.6 is 0 Å². The third kappa shape index (κ3) is 3.05. The second kappa shape index (κ2) is 6.44. The highest BCUT2D eigenvalue weighted by atomic mass is 32.2. The molecule has 0 unspecified atom stereocenters. The van der Waals surface area contributed by atoms with E-state index in [1.807, 2.05) is 31.2 Å². The zero-order valence-electron chi connectivity index (χ0n) is 14.6. The van der Waals surface area contributed by atoms with E-state index in [2.05, 4.69) is 0 Å². The minimum Gasteiger partial charge on any atom is -0.497 e. The second-order valence-corrected chi connectivity index (χ2v) is 8.64. The van der Waals surface area contributed by atoms with Gasteiger partial charge in [-0.2, -0.15) is 0 Å². The van der Waals surface area contributed by atoms with Crippen LogP contribution in [-0.4, -0.2) is 40.0 Å². The fourth-order valence-electron chi connectivity index (χ4n) is 3.48. The fourth-order valence-corrected chi connectivity index (χ4v) is 5.77. The van der Waals surface area contributed by atoms with Gasteiger partial charge in [0.15, 0.2) is 9.84 Å². The molecule has 1 saturated carbocycles. The van der Waals surface area contributed by atoms with Crippen LogP contribution in [0, 0.1) is 6.92 Å². The summed E-state index contributed by atoms with van der Waals surface area (Å²) in [5, 5.41) is -0.712. The van der Waals surface area contributed by atoms with Crippen molar-refractivity contribution in [3.8, 4) is 5.75 Å². The van der Waals surface area contributed by atoms with Crippen LogP contribution in [0.15, 0.2) is 53.4 Å². The van der Waals surface area contributed by atoms with Crippen molar-refractivity contribution in [3.63, 3.8) is 0 Å². The smallest absolute Gasteiger partial charge is 0.183 e. The molecule has 0 spiro atoms. The lowest BCUT2D eigenvalue weighted by molar-refractivity contribution is 0.171. The van der Waals surface area contributed by atoms with Crippen molar-refractivity contribution in [3.05, 3.63) is 59.7 Å². The molecule has 0 heterocycles. The Balaban J connectivity index is 1.99. The molecule has 0 aliphatic heterocycles. The monoisotopic (exact) mass is 361 g/mol. The number of benzene rings is 2. The highest BCUT2D eigenvalue weighted by Crippen LogP contribution is 2.55. The molecule has 2 aromatic rings. The summed E-state index contributed by atoms with van der Waals surface area (Å²) in [5.41, 5.74) is 7.42. The minimum absolute atomic E-state index is 0.180. The van der Waals surface area contributed by atoms with Crippen molar-refractivity contribution < 1.29 is 17.9 Å². The average Bonchev–Trinajstić information content (AvgIpc) is 3.22. The van der Waals surface area contributed by atoms with E-state index in [1.165, 1.54) is 7.11 Å². The van der Waals surface area contributed by atoms with Gasteiger partial charge >= 0.3 is 0 Å². The van der Waals surface area contributed by atoms with Crippen LogP contribution in [0.1, 0.15) is 17.0 Å². The van der Waals surface area contributed by atoms with Crippen LogP contribution in [-0.2, 0) is 14.6 Å². The van der Waals surface area contributed by atoms with Gasteiger partial charge in [0.25, 0.3) is 0 Å². The maximum atomic E-state index is 13.1. The summed E-state index contributed by atoms with van der Waals surface area (Å²) in [6.07, 6.45) is 0. The Morgan fingerprint density at radius 1 is 1.04 bits per heavy atom. The van der Waals surface area contributed by atoms with Crippen LogP contribution in [0.5, 0.6) is 5.75 Å². The van der Waals surface area contributed by atoms with Crippen LogP contribution in [0.2, 0.25) is 0 Å². The van der Waals surface area contributed by atoms with Gasteiger partial charge in [0.2, 0.25) is 0 Å². The molecule has 1 aliphatic carbocycles. The molecule has 0 saturated heterocycles. The van der Waals surface area contributed by atoms with E-state index in [-0.39, 0.29) is 12.5 Å². The molecular weight excluding hydrogens is 338 g/mol. The molecule has 0 aromatic heterocycles. The number of sulfone groups is 1. The predicted molar refractivity (Wildman–Crippen MR) is 96.7 cm³/mol. The van der Waals surface area contributed by atoms with E-state index in [0.29, 0.717) is 4.90 Å². The Labute approximate surface area is 148 Å². The molecule has 3 rings (SSSR count). The Morgan fingerprint density at radius 2 is 1.64 bits per heavy atom. The van der Waals surface area contributed by atoms with Crippen molar-refractivity contribution in [2.75, 3.05) is 20.8 Å². The number of aryl methyl sites for hydroxylation is 1. The molecule has 1 fully saturated rings. The normalized spacial score (nSPS) is 25.6. The summed E-state index contributed by atoms with van der Waals surface area (Å²) in [6.45, 7) is 2.10. The molecule has 25 heavy (non-hydrogen) atoms. The molecule has 0 radical (unpaired) electrons. The average molecular weight is 361 g/mol. The van der Waals surface area contributed by atoms with Gasteiger partial charge in [0.05, 0.1) is 29.4 Å². The molecule has 0 bridgehead atoms. The van der Waals surface area contributed by atoms with Crippen LogP contribution in [0.25, 0.3) is 0 Å². The van der Waals surface area contributed by atoms with Gasteiger partial charge in [-0.1, -0.05) is 29.8 Å². The first-order chi connectivity index (χ1) is 11.8. The van der Waals surface area contributed by atoms with E-state index in [0.717, 1.165) is 16.9 Å². The van der Waals surface area contributed by atoms with Gasteiger partial charge in [0, 0.05) is 13.0 Å². The van der Waals surface area contributed by atoms with Crippen molar-refractivity contribution >= 4 is 9.84 Å². The Morgan fingerprint density at radius 3 is 2.16 bits per heavy atom. The number of ether oxygens (including phenoxy) is 2. The predicted octanol–water partition coefficient (Wildman–Crippen LogP) is 2.29. The van der Waals surface area contributed by atoms with Gasteiger partial charge in [0.1, 0.15) is 5.75 Å². The molecule has 0 amide bonds. The SMILES string of the molecule is COC[C@@]1(N)[C@@H](c2ccc(OC)cc2)[C@@H]1S(=O)(=O)c1ccc(C)cc1. The van der Waals surface area contributed by atoms with Crippen LogP contribution in [0.3, 0.4) is 0 Å². The first-order valence-electron chi connectivity index (χ1n) is 8.07. The van der Waals surface area contributed by atoms with E-state index < -0.39 is 20.6 Å². The molecule has 5 nitrogen and oxygen atoms in total. The first-order valence-corrected chi connectivity index (χ1v) is 9.61. The summed E-state index contributed by atoms with van der Waals surface area (Å²) in [7, 11) is -0.434. The Hall–Kier alpha value is -1.89. The summed E-state index contributed by atoms with van der Waals surface area (Å²) in [5.74, 6) is 0.404. The number of methoxy groups -OCH3 is 2. The topological polar surface area (TPSA) is 78.6 Å². The van der Waals surface area contributed by atoms with Crippen molar-refractivity contribution in [1.82, 2.24) is 0 Å². The van der Waals surface area contributed by atoms with Gasteiger partial charge in [-0.25, -0.2) is 8.42 Å². The highest BCUT2D eigenvalue weighted by molar-refractivity contribution is 7.92. The summed E-state index contributed by atoms with van der Waals surface area (Å²) >= 11 is 0. The number of rotatable bonds is 6. The lowest BCUT2D eigenvalue weighted by atomic mass is 10.1. The molecule has 2 aromatic carbocycles. The summed E-state index contributed by atoms with van der Waals surface area (Å²) in [6, 6.07) is 14.2. The standard InChI is InChI=1S/C19H23NO4S/c1-13-4-10-16(11-5-13)25(21,22)18-17(19(18,20)12-23-2)14-6-8-15(24-3)9-7-14/h4-11,17-18H,12,20H2,1-3H3/t17-,18-,19+/m0/s1. The summed E-state index contributed by atoms with van der Waals surface area (Å²) in [4.78, 5) is 0.296. The van der Waals surface area contributed by atoms with Crippen LogP contribution in [0.4, 0.5) is 0 Å². The largest absolute Gasteiger partial charge is 0.497 e. The lowest BCUT2D eigenvalue weighted by Crippen LogP contribution is -2.35. The minimum atomic E-state index is -3.56. The number of hydrogen-bond donors (Lipinski definition) is 1. The van der Waals surface area contributed by atoms with Crippen molar-refractivity contribution in [1.29, 1.82) is 0 Å². The Bertz CT molecular complexity index is 846. The maximum Gasteiger partial charge on any atom is 0.183 e. The zero-order valence-corrected chi connectivity index (χ0v) is 15.4. The van der Waals surface area contributed by atoms with Crippen molar-refractivity contribution in [2.45, 2.75) is 28.5 Å². The van der Waals surface area contributed by atoms with Gasteiger partial charge in [-0.05, 0) is 36.8 Å². The third-order valence-electron chi connectivity index (χ3n) is 4.86. The Kier molecular flexibility index (Phi) is 4.62. The third-order valence-corrected chi connectivity index (χ3v) is 7.16. The molecule has 134 valence electrons. The quantitative estimate of drug-likeness (QED) is 0.854. The molecular formula is C19H23NO4S. The van der Waals surface area contributed by atoms with E-state index in [9.17, 15) is 8.42 Å². The zero-order chi connectivity index (χ0) is 18.2. The lowest BCUT2D eigenvalue weighted by Gasteiger charge is -2.11. The van der Waals surface area contributed by atoms with E-state index in [4.69, 9.17) is 15.2 Å². The second-order valence-electron chi connectivity index (χ2n) is 6.57. The van der Waals surface area contributed by atoms with E-state index in [1.54, 1.807) is 31.4 Å². The maximum absolute atomic E-state index is 13.1. The van der Waals surface area contributed by atoms with Crippen molar-refractivity contribution in [2.24, 2.45) is 5.73 Å². The highest BCUT2D eigenvalue weighted by Gasteiger charge is 2.69.